The molecule has 0 aromatic carbocycles. The van der Waals surface area contributed by atoms with Crippen molar-refractivity contribution in [1.82, 2.24) is 0 Å². The third kappa shape index (κ3) is 18.2. The summed E-state index contributed by atoms with van der Waals surface area (Å²) in [6, 6.07) is 1.46. The van der Waals surface area contributed by atoms with Crippen molar-refractivity contribution in [3.05, 3.63) is 0 Å². The zero-order valence-electron chi connectivity index (χ0n) is 22.3. The molecule has 188 valence electrons. The molecule has 0 saturated carbocycles. The highest BCUT2D eigenvalue weighted by atomic mass is 28.1. The van der Waals surface area contributed by atoms with Crippen molar-refractivity contribution >= 4 is 10.2 Å². The number of unbranched alkanes of at least 4 members (excludes halogenated alkanes) is 14. The Bertz CT molecular complexity index is 367. The molecule has 5 heteroatoms. The lowest BCUT2D eigenvalue weighted by atomic mass is 10.0. The maximum Gasteiger partial charge on any atom is 0.282 e. The lowest BCUT2D eigenvalue weighted by Gasteiger charge is -2.29. The molecule has 0 aliphatic rings. The molecule has 0 rings (SSSR count). The van der Waals surface area contributed by atoms with Gasteiger partial charge in [0.05, 0.1) is 27.2 Å². The fraction of sp³-hybridized carbons (Fsp3) is 1.00. The van der Waals surface area contributed by atoms with Gasteiger partial charge < -0.3 is 18.7 Å². The van der Waals surface area contributed by atoms with Gasteiger partial charge in [-0.2, -0.15) is 0 Å². The molecule has 0 fully saturated rings. The molecule has 0 amide bonds. The van der Waals surface area contributed by atoms with Gasteiger partial charge in [-0.3, -0.25) is 0 Å². The van der Waals surface area contributed by atoms with Crippen molar-refractivity contribution in [3.63, 3.8) is 0 Å². The Balaban J connectivity index is 3.30. The quantitative estimate of drug-likeness (QED) is 0.0757. The van der Waals surface area contributed by atoms with Crippen LogP contribution in [0.15, 0.2) is 0 Å². The van der Waals surface area contributed by atoms with E-state index in [1.54, 1.807) is 21.3 Å². The number of rotatable bonds is 24. The minimum atomic E-state index is -0.842. The smallest absolute Gasteiger partial charge is 0.282 e. The summed E-state index contributed by atoms with van der Waals surface area (Å²) in [5, 5.41) is 0. The monoisotopic (exact) mass is 460 g/mol. The molecule has 31 heavy (non-hydrogen) atoms. The average Bonchev–Trinajstić information content (AvgIpc) is 2.77. The SMILES string of the molecule is COC(CCCCCCCCCCCCCCCCC[N+](C)(C)CCC[SiH3])(OC)OC. The molecule has 0 radical (unpaired) electrons. The van der Waals surface area contributed by atoms with Crippen LogP contribution in [0.4, 0.5) is 0 Å². The van der Waals surface area contributed by atoms with Gasteiger partial charge in [-0.05, 0) is 25.7 Å². The van der Waals surface area contributed by atoms with Crippen molar-refractivity contribution in [2.45, 2.75) is 121 Å². The number of ether oxygens (including phenoxy) is 3. The number of nitrogens with zero attached hydrogens (tertiary/aromatic N) is 1. The lowest BCUT2D eigenvalue weighted by Crippen LogP contribution is -2.41. The van der Waals surface area contributed by atoms with Crippen LogP contribution in [-0.4, -0.2) is 69.2 Å². The third-order valence-corrected chi connectivity index (χ3v) is 7.50. The van der Waals surface area contributed by atoms with E-state index in [4.69, 9.17) is 14.2 Å². The van der Waals surface area contributed by atoms with E-state index in [0.29, 0.717) is 0 Å². The van der Waals surface area contributed by atoms with Gasteiger partial charge in [0.15, 0.2) is 0 Å². The lowest BCUT2D eigenvalue weighted by molar-refractivity contribution is -0.890. The zero-order valence-corrected chi connectivity index (χ0v) is 24.3. The molecule has 0 unspecified atom stereocenters. The normalized spacial score (nSPS) is 12.7. The van der Waals surface area contributed by atoms with E-state index < -0.39 is 5.97 Å². The number of hydrogen-bond acceptors (Lipinski definition) is 3. The highest BCUT2D eigenvalue weighted by Gasteiger charge is 2.28. The summed E-state index contributed by atoms with van der Waals surface area (Å²) in [5.41, 5.74) is 0. The second kappa shape index (κ2) is 20.6. The number of quaternary nitrogens is 1. The summed E-state index contributed by atoms with van der Waals surface area (Å²) in [4.78, 5) is 0. The van der Waals surface area contributed by atoms with Gasteiger partial charge in [0.1, 0.15) is 0 Å². The van der Waals surface area contributed by atoms with Gasteiger partial charge in [-0.1, -0.05) is 83.1 Å². The van der Waals surface area contributed by atoms with E-state index in [1.807, 2.05) is 0 Å². The van der Waals surface area contributed by atoms with Gasteiger partial charge in [-0.15, -0.1) is 0 Å². The Kier molecular flexibility index (Phi) is 20.7. The molecule has 4 nitrogen and oxygen atoms in total. The topological polar surface area (TPSA) is 27.7 Å². The summed E-state index contributed by atoms with van der Waals surface area (Å²) in [6.45, 7) is 2.75. The van der Waals surface area contributed by atoms with Crippen LogP contribution in [0.2, 0.25) is 6.04 Å². The van der Waals surface area contributed by atoms with Gasteiger partial charge in [-0.25, -0.2) is 0 Å². The Morgan fingerprint density at radius 2 is 0.839 bits per heavy atom. The van der Waals surface area contributed by atoms with Crippen LogP contribution in [0.25, 0.3) is 0 Å². The molecule has 0 bridgehead atoms. The van der Waals surface area contributed by atoms with E-state index >= 15 is 0 Å². The summed E-state index contributed by atoms with van der Waals surface area (Å²) < 4.78 is 17.3. The standard InChI is InChI=1S/C26H58NO3Si/c1-27(2,24-21-25-31)23-20-18-16-14-12-10-8-6-7-9-11-13-15-17-19-22-26(28-3,29-4)30-5/h6-25H2,1-5,31H3/q+1. The van der Waals surface area contributed by atoms with Crippen molar-refractivity contribution < 1.29 is 18.7 Å². The van der Waals surface area contributed by atoms with Gasteiger partial charge in [0.2, 0.25) is 0 Å². The first-order valence-electron chi connectivity index (χ1n) is 13.4. The molecule has 0 N–H and O–H groups in total. The predicted molar refractivity (Wildman–Crippen MR) is 139 cm³/mol. The summed E-state index contributed by atoms with van der Waals surface area (Å²) in [6.07, 6.45) is 23.0. The molecular weight excluding hydrogens is 402 g/mol. The van der Waals surface area contributed by atoms with Gasteiger partial charge in [0.25, 0.3) is 5.97 Å². The van der Waals surface area contributed by atoms with Gasteiger partial charge >= 0.3 is 0 Å². The Labute approximate surface area is 198 Å². The van der Waals surface area contributed by atoms with E-state index in [2.05, 4.69) is 14.1 Å². The molecule has 0 aromatic rings. The Morgan fingerprint density at radius 1 is 0.516 bits per heavy atom. The van der Waals surface area contributed by atoms with Crippen LogP contribution in [0.3, 0.4) is 0 Å². The van der Waals surface area contributed by atoms with E-state index in [-0.39, 0.29) is 0 Å². The minimum absolute atomic E-state index is 0.799. The molecule has 0 saturated heterocycles. The first-order valence-corrected chi connectivity index (χ1v) is 14.8. The van der Waals surface area contributed by atoms with Crippen molar-refractivity contribution in [2.75, 3.05) is 48.5 Å². The van der Waals surface area contributed by atoms with Crippen LogP contribution in [0.1, 0.15) is 109 Å². The van der Waals surface area contributed by atoms with E-state index in [9.17, 15) is 0 Å². The molecule has 0 aliphatic heterocycles. The fourth-order valence-corrected chi connectivity index (χ4v) is 4.75. The zero-order chi connectivity index (χ0) is 23.3. The summed E-state index contributed by atoms with van der Waals surface area (Å²) >= 11 is 0. The van der Waals surface area contributed by atoms with Crippen LogP contribution >= 0.6 is 0 Å². The maximum atomic E-state index is 5.34. The molecule has 0 aromatic heterocycles. The minimum Gasteiger partial charge on any atom is -0.331 e. The first kappa shape index (κ1) is 31.1. The summed E-state index contributed by atoms with van der Waals surface area (Å²) in [7, 11) is 11.1. The highest BCUT2D eigenvalue weighted by Crippen LogP contribution is 2.21. The largest absolute Gasteiger partial charge is 0.331 e. The first-order chi connectivity index (χ1) is 14.9. The van der Waals surface area contributed by atoms with E-state index in [0.717, 1.165) is 12.8 Å². The predicted octanol–water partition coefficient (Wildman–Crippen LogP) is 6.07. The van der Waals surface area contributed by atoms with Gasteiger partial charge in [0, 0.05) is 38.0 Å². The van der Waals surface area contributed by atoms with Crippen LogP contribution in [0, 0.1) is 0 Å². The molecule has 0 spiro atoms. The fourth-order valence-electron chi connectivity index (χ4n) is 4.43. The molecule has 0 heterocycles. The highest BCUT2D eigenvalue weighted by molar-refractivity contribution is 6.08. The van der Waals surface area contributed by atoms with Crippen molar-refractivity contribution in [1.29, 1.82) is 0 Å². The average molecular weight is 461 g/mol. The number of hydrogen-bond donors (Lipinski definition) is 0. The van der Waals surface area contributed by atoms with Crippen LogP contribution < -0.4 is 0 Å². The molecular formula is C26H58NO3Si+. The number of methoxy groups -OCH3 is 3. The molecule has 0 aliphatic carbocycles. The van der Waals surface area contributed by atoms with Crippen molar-refractivity contribution in [2.24, 2.45) is 0 Å². The Hall–Kier alpha value is 0.0569. The second-order valence-corrected chi connectivity index (χ2v) is 11.1. The third-order valence-electron chi connectivity index (χ3n) is 6.80. The van der Waals surface area contributed by atoms with E-state index in [1.165, 1.54) is 130 Å². The molecule has 0 atom stereocenters. The van der Waals surface area contributed by atoms with Crippen LogP contribution in [0.5, 0.6) is 0 Å². The van der Waals surface area contributed by atoms with Crippen LogP contribution in [-0.2, 0) is 14.2 Å². The second-order valence-electron chi connectivity index (χ2n) is 10.1. The summed E-state index contributed by atoms with van der Waals surface area (Å²) in [5.74, 6) is -0.842. The maximum absolute atomic E-state index is 5.34. The Morgan fingerprint density at radius 3 is 1.19 bits per heavy atom. The van der Waals surface area contributed by atoms with Crippen molar-refractivity contribution in [3.8, 4) is 0 Å².